The minimum Gasteiger partial charge on any atom is -0.411 e. The third-order valence-electron chi connectivity index (χ3n) is 3.71. The number of nitrogens with one attached hydrogen (secondary N) is 1. The van der Waals surface area contributed by atoms with Gasteiger partial charge in [-0.3, -0.25) is 4.79 Å². The van der Waals surface area contributed by atoms with Gasteiger partial charge >= 0.3 is 0 Å². The van der Waals surface area contributed by atoms with Crippen LogP contribution in [0.4, 0.5) is 5.13 Å². The first-order valence-corrected chi connectivity index (χ1v) is 9.90. The standard InChI is InChI=1S/C18H20N4O2S2/c1-11(14(23)20-16-19-9-10-25-16)26-17-22-21-15(24-17)12-5-7-13(8-6-12)18(2,3)4/h5-11H,1-4H3,(H,19,20,23). The molecule has 0 fully saturated rings. The molecule has 1 N–H and O–H groups in total. The summed E-state index contributed by atoms with van der Waals surface area (Å²) in [6, 6.07) is 8.08. The van der Waals surface area contributed by atoms with Crippen LogP contribution in [-0.4, -0.2) is 26.3 Å². The lowest BCUT2D eigenvalue weighted by Crippen LogP contribution is -2.22. The van der Waals surface area contributed by atoms with E-state index in [2.05, 4.69) is 53.4 Å². The Hall–Kier alpha value is -2.19. The van der Waals surface area contributed by atoms with Crippen molar-refractivity contribution in [1.82, 2.24) is 15.2 Å². The van der Waals surface area contributed by atoms with Gasteiger partial charge in [-0.05, 0) is 30.0 Å². The number of carbonyl (C=O) groups is 1. The molecular weight excluding hydrogens is 368 g/mol. The number of hydrogen-bond donors (Lipinski definition) is 1. The van der Waals surface area contributed by atoms with E-state index in [1.54, 1.807) is 13.1 Å². The minimum absolute atomic E-state index is 0.0919. The molecule has 0 radical (unpaired) electrons. The van der Waals surface area contributed by atoms with E-state index < -0.39 is 0 Å². The summed E-state index contributed by atoms with van der Waals surface area (Å²) in [4.78, 5) is 16.2. The van der Waals surface area contributed by atoms with Crippen LogP contribution in [0, 0.1) is 0 Å². The summed E-state index contributed by atoms with van der Waals surface area (Å²) < 4.78 is 5.70. The SMILES string of the molecule is CC(Sc1nnc(-c2ccc(C(C)(C)C)cc2)o1)C(=O)Nc1nccs1. The van der Waals surface area contributed by atoms with E-state index in [0.717, 1.165) is 5.56 Å². The first-order valence-electron chi connectivity index (χ1n) is 8.14. The molecule has 2 aromatic heterocycles. The minimum atomic E-state index is -0.379. The molecule has 0 aliphatic heterocycles. The highest BCUT2D eigenvalue weighted by Crippen LogP contribution is 2.29. The van der Waals surface area contributed by atoms with Crippen molar-refractivity contribution in [3.8, 4) is 11.5 Å². The van der Waals surface area contributed by atoms with Crippen LogP contribution in [0.25, 0.3) is 11.5 Å². The fourth-order valence-corrected chi connectivity index (χ4v) is 3.40. The third-order valence-corrected chi connectivity index (χ3v) is 5.34. The largest absolute Gasteiger partial charge is 0.411 e. The number of anilines is 1. The summed E-state index contributed by atoms with van der Waals surface area (Å²) in [5.41, 5.74) is 2.19. The highest BCUT2D eigenvalue weighted by atomic mass is 32.2. The lowest BCUT2D eigenvalue weighted by Gasteiger charge is -2.18. The van der Waals surface area contributed by atoms with E-state index in [-0.39, 0.29) is 16.6 Å². The summed E-state index contributed by atoms with van der Waals surface area (Å²) in [5, 5.41) is 13.2. The molecule has 26 heavy (non-hydrogen) atoms. The van der Waals surface area contributed by atoms with Gasteiger partial charge in [-0.15, -0.1) is 21.5 Å². The van der Waals surface area contributed by atoms with E-state index in [0.29, 0.717) is 16.2 Å². The molecule has 136 valence electrons. The molecule has 3 rings (SSSR count). The highest BCUT2D eigenvalue weighted by molar-refractivity contribution is 8.00. The number of nitrogens with zero attached hydrogens (tertiary/aromatic N) is 3. The van der Waals surface area contributed by atoms with Gasteiger partial charge in [-0.2, -0.15) is 0 Å². The molecule has 2 heterocycles. The lowest BCUT2D eigenvalue weighted by molar-refractivity contribution is -0.115. The molecule has 1 aromatic carbocycles. The summed E-state index contributed by atoms with van der Waals surface area (Å²) in [5.74, 6) is 0.291. The molecule has 0 aliphatic carbocycles. The maximum Gasteiger partial charge on any atom is 0.277 e. The molecule has 1 unspecified atom stereocenters. The number of hydrogen-bond acceptors (Lipinski definition) is 7. The van der Waals surface area contributed by atoms with Crippen molar-refractivity contribution in [2.45, 2.75) is 43.6 Å². The quantitative estimate of drug-likeness (QED) is 0.643. The second-order valence-electron chi connectivity index (χ2n) is 6.79. The molecule has 0 aliphatic rings. The zero-order valence-electron chi connectivity index (χ0n) is 15.0. The van der Waals surface area contributed by atoms with Gasteiger partial charge in [0.1, 0.15) is 0 Å². The summed E-state index contributed by atoms with van der Waals surface area (Å²) in [6.45, 7) is 8.29. The van der Waals surface area contributed by atoms with Crippen LogP contribution >= 0.6 is 23.1 Å². The van der Waals surface area contributed by atoms with E-state index >= 15 is 0 Å². The van der Waals surface area contributed by atoms with Gasteiger partial charge in [-0.25, -0.2) is 4.98 Å². The van der Waals surface area contributed by atoms with Crippen LogP contribution in [-0.2, 0) is 10.2 Å². The van der Waals surface area contributed by atoms with Gasteiger partial charge in [0.25, 0.3) is 5.22 Å². The predicted molar refractivity (Wildman–Crippen MR) is 104 cm³/mol. The smallest absolute Gasteiger partial charge is 0.277 e. The van der Waals surface area contributed by atoms with E-state index in [1.165, 1.54) is 28.7 Å². The van der Waals surface area contributed by atoms with Gasteiger partial charge in [0, 0.05) is 17.1 Å². The van der Waals surface area contributed by atoms with Crippen LogP contribution in [0.2, 0.25) is 0 Å². The normalized spacial score (nSPS) is 12.8. The fraction of sp³-hybridized carbons (Fsp3) is 0.333. The molecular formula is C18H20N4O2S2. The highest BCUT2D eigenvalue weighted by Gasteiger charge is 2.20. The molecule has 1 amide bonds. The van der Waals surface area contributed by atoms with Crippen molar-refractivity contribution in [1.29, 1.82) is 0 Å². The van der Waals surface area contributed by atoms with Crippen LogP contribution < -0.4 is 5.32 Å². The average Bonchev–Trinajstić information content (AvgIpc) is 3.26. The van der Waals surface area contributed by atoms with Crippen molar-refractivity contribution in [2.24, 2.45) is 0 Å². The van der Waals surface area contributed by atoms with E-state index in [9.17, 15) is 4.79 Å². The topological polar surface area (TPSA) is 80.9 Å². The van der Waals surface area contributed by atoms with Gasteiger partial charge in [0.2, 0.25) is 11.8 Å². The number of thiazole rings is 1. The Morgan fingerprint density at radius 2 is 1.96 bits per heavy atom. The monoisotopic (exact) mass is 388 g/mol. The van der Waals surface area contributed by atoms with Gasteiger partial charge in [-0.1, -0.05) is 44.7 Å². The molecule has 0 bridgehead atoms. The first kappa shape index (κ1) is 18.6. The van der Waals surface area contributed by atoms with Crippen molar-refractivity contribution in [2.75, 3.05) is 5.32 Å². The Bertz CT molecular complexity index is 867. The Morgan fingerprint density at radius 1 is 1.23 bits per heavy atom. The van der Waals surface area contributed by atoms with Crippen LogP contribution in [0.5, 0.6) is 0 Å². The van der Waals surface area contributed by atoms with Gasteiger partial charge in [0.05, 0.1) is 5.25 Å². The average molecular weight is 389 g/mol. The second kappa shape index (κ2) is 7.59. The molecule has 6 nitrogen and oxygen atoms in total. The first-order chi connectivity index (χ1) is 12.3. The Kier molecular flexibility index (Phi) is 5.43. The Labute approximate surface area is 160 Å². The molecule has 1 atom stereocenters. The van der Waals surface area contributed by atoms with Gasteiger partial charge in [0.15, 0.2) is 5.13 Å². The van der Waals surface area contributed by atoms with Crippen LogP contribution in [0.15, 0.2) is 45.5 Å². The van der Waals surface area contributed by atoms with Crippen molar-refractivity contribution >= 4 is 34.1 Å². The number of amides is 1. The van der Waals surface area contributed by atoms with Crippen molar-refractivity contribution in [3.05, 3.63) is 41.4 Å². The number of carbonyl (C=O) groups excluding carboxylic acids is 1. The Morgan fingerprint density at radius 3 is 2.58 bits per heavy atom. The zero-order chi connectivity index (χ0) is 18.7. The zero-order valence-corrected chi connectivity index (χ0v) is 16.6. The lowest BCUT2D eigenvalue weighted by atomic mass is 9.87. The van der Waals surface area contributed by atoms with Crippen LogP contribution in [0.3, 0.4) is 0 Å². The summed E-state index contributed by atoms with van der Waals surface area (Å²) in [7, 11) is 0. The maximum atomic E-state index is 12.2. The second-order valence-corrected chi connectivity index (χ2v) is 8.97. The molecule has 8 heteroatoms. The molecule has 0 saturated carbocycles. The molecule has 0 spiro atoms. The van der Waals surface area contributed by atoms with E-state index in [4.69, 9.17) is 4.42 Å². The predicted octanol–water partition coefficient (Wildman–Crippen LogP) is 4.61. The fourth-order valence-electron chi connectivity index (χ4n) is 2.18. The number of aromatic nitrogens is 3. The maximum absolute atomic E-state index is 12.2. The van der Waals surface area contributed by atoms with Crippen molar-refractivity contribution < 1.29 is 9.21 Å². The molecule has 0 saturated heterocycles. The molecule has 3 aromatic rings. The van der Waals surface area contributed by atoms with Gasteiger partial charge < -0.3 is 9.73 Å². The van der Waals surface area contributed by atoms with Crippen molar-refractivity contribution in [3.63, 3.8) is 0 Å². The summed E-state index contributed by atoms with van der Waals surface area (Å²) in [6.07, 6.45) is 1.65. The Balaban J connectivity index is 1.65. The third kappa shape index (κ3) is 4.50. The summed E-state index contributed by atoms with van der Waals surface area (Å²) >= 11 is 2.60. The number of rotatable bonds is 5. The van der Waals surface area contributed by atoms with Crippen LogP contribution in [0.1, 0.15) is 33.3 Å². The van der Waals surface area contributed by atoms with E-state index in [1.807, 2.05) is 17.5 Å². The number of thioether (sulfide) groups is 1. The number of benzene rings is 1.